The number of piperazine rings is 1. The summed E-state index contributed by atoms with van der Waals surface area (Å²) < 4.78 is 5.25. The van der Waals surface area contributed by atoms with Gasteiger partial charge in [0.1, 0.15) is 0 Å². The van der Waals surface area contributed by atoms with E-state index in [0.717, 1.165) is 51.0 Å². The Morgan fingerprint density at radius 3 is 2.19 bits per heavy atom. The maximum atomic E-state index is 12.5. The normalized spacial score (nSPS) is 17.5. The van der Waals surface area contributed by atoms with Crippen molar-refractivity contribution in [1.82, 2.24) is 34.9 Å². The highest BCUT2D eigenvalue weighted by atomic mass is 16.5. The van der Waals surface area contributed by atoms with E-state index in [1.54, 1.807) is 14.6 Å². The van der Waals surface area contributed by atoms with Crippen LogP contribution in [0.25, 0.3) is 11.4 Å². The fraction of sp³-hybridized carbons (Fsp3) is 0.591. The van der Waals surface area contributed by atoms with Crippen molar-refractivity contribution in [3.63, 3.8) is 0 Å². The predicted octanol–water partition coefficient (Wildman–Crippen LogP) is 0.513. The SMILES string of the molecule is O=C(C(=O)N1CCN(CCCCCn2nnc(-c3ccccc3)n2)CC1)N1CCOCC1. The molecule has 2 saturated heterocycles. The minimum Gasteiger partial charge on any atom is -0.378 e. The molecule has 2 fully saturated rings. The number of nitrogens with zero attached hydrogens (tertiary/aromatic N) is 7. The zero-order valence-electron chi connectivity index (χ0n) is 18.4. The summed E-state index contributed by atoms with van der Waals surface area (Å²) >= 11 is 0. The zero-order valence-corrected chi connectivity index (χ0v) is 18.4. The lowest BCUT2D eigenvalue weighted by atomic mass is 10.2. The Morgan fingerprint density at radius 1 is 0.812 bits per heavy atom. The van der Waals surface area contributed by atoms with E-state index in [1.165, 1.54) is 0 Å². The van der Waals surface area contributed by atoms with Gasteiger partial charge in [0.05, 0.1) is 19.8 Å². The van der Waals surface area contributed by atoms with Gasteiger partial charge < -0.3 is 14.5 Å². The number of unbranched alkanes of at least 4 members (excludes halogenated alkanes) is 2. The van der Waals surface area contributed by atoms with Crippen molar-refractivity contribution >= 4 is 11.8 Å². The standard InChI is InChI=1S/C22H31N7O3/c30-21(22(31)28-15-17-32-18-16-28)27-13-11-26(12-14-27)9-5-2-6-10-29-24-20(23-25-29)19-7-3-1-4-8-19/h1,3-4,7-8H,2,5-6,9-18H2. The smallest absolute Gasteiger partial charge is 0.312 e. The molecule has 0 atom stereocenters. The number of tetrazole rings is 1. The lowest BCUT2D eigenvalue weighted by Crippen LogP contribution is -2.54. The molecule has 0 radical (unpaired) electrons. The molecule has 2 aromatic rings. The molecule has 3 heterocycles. The molecule has 1 aromatic heterocycles. The second kappa shape index (κ2) is 11.1. The molecule has 2 amide bonds. The van der Waals surface area contributed by atoms with E-state index in [4.69, 9.17) is 4.74 Å². The van der Waals surface area contributed by atoms with Crippen molar-refractivity contribution in [2.75, 3.05) is 59.0 Å². The minimum atomic E-state index is -0.390. The molecule has 172 valence electrons. The maximum Gasteiger partial charge on any atom is 0.312 e. The Labute approximate surface area is 188 Å². The maximum absolute atomic E-state index is 12.5. The summed E-state index contributed by atoms with van der Waals surface area (Å²) in [5.74, 6) is -0.106. The summed E-state index contributed by atoms with van der Waals surface area (Å²) in [5, 5.41) is 12.7. The molecule has 4 rings (SSSR count). The van der Waals surface area contributed by atoms with Crippen LogP contribution in [0.15, 0.2) is 30.3 Å². The fourth-order valence-corrected chi connectivity index (χ4v) is 4.02. The lowest BCUT2D eigenvalue weighted by molar-refractivity contribution is -0.155. The third-order valence-electron chi connectivity index (χ3n) is 5.96. The van der Waals surface area contributed by atoms with Gasteiger partial charge in [0, 0.05) is 44.8 Å². The number of carbonyl (C=O) groups excluding carboxylic acids is 2. The number of ether oxygens (including phenoxy) is 1. The Bertz CT molecular complexity index is 875. The first-order chi connectivity index (χ1) is 15.7. The lowest BCUT2D eigenvalue weighted by Gasteiger charge is -2.35. The third-order valence-corrected chi connectivity index (χ3v) is 5.96. The van der Waals surface area contributed by atoms with Crippen LogP contribution in [0.2, 0.25) is 0 Å². The van der Waals surface area contributed by atoms with E-state index in [9.17, 15) is 9.59 Å². The molecule has 0 unspecified atom stereocenters. The van der Waals surface area contributed by atoms with Crippen molar-refractivity contribution in [3.8, 4) is 11.4 Å². The van der Waals surface area contributed by atoms with E-state index in [-0.39, 0.29) is 11.8 Å². The van der Waals surface area contributed by atoms with Gasteiger partial charge in [0.15, 0.2) is 0 Å². The van der Waals surface area contributed by atoms with Crippen molar-refractivity contribution in [1.29, 1.82) is 0 Å². The number of hydrogen-bond donors (Lipinski definition) is 0. The van der Waals surface area contributed by atoms with E-state index < -0.39 is 0 Å². The average molecular weight is 442 g/mol. The van der Waals surface area contributed by atoms with Gasteiger partial charge >= 0.3 is 11.8 Å². The van der Waals surface area contributed by atoms with E-state index >= 15 is 0 Å². The Morgan fingerprint density at radius 2 is 1.47 bits per heavy atom. The summed E-state index contributed by atoms with van der Waals surface area (Å²) in [6.07, 6.45) is 3.16. The number of morpholine rings is 1. The van der Waals surface area contributed by atoms with Gasteiger partial charge in [-0.25, -0.2) is 0 Å². The Balaban J connectivity index is 1.10. The van der Waals surface area contributed by atoms with E-state index in [1.807, 2.05) is 30.3 Å². The van der Waals surface area contributed by atoms with Crippen LogP contribution in [0.4, 0.5) is 0 Å². The predicted molar refractivity (Wildman–Crippen MR) is 118 cm³/mol. The van der Waals surface area contributed by atoms with Gasteiger partial charge in [-0.15, -0.1) is 10.2 Å². The number of amides is 2. The monoisotopic (exact) mass is 441 g/mol. The number of benzene rings is 1. The van der Waals surface area contributed by atoms with Crippen LogP contribution in [0.3, 0.4) is 0 Å². The number of hydrogen-bond acceptors (Lipinski definition) is 7. The molecule has 0 N–H and O–H groups in total. The molecule has 0 saturated carbocycles. The van der Waals surface area contributed by atoms with Crippen molar-refractivity contribution in [3.05, 3.63) is 30.3 Å². The number of carbonyl (C=O) groups is 2. The van der Waals surface area contributed by atoms with Crippen molar-refractivity contribution in [2.45, 2.75) is 25.8 Å². The molecule has 0 bridgehead atoms. The zero-order chi connectivity index (χ0) is 22.2. The summed E-state index contributed by atoms with van der Waals surface area (Å²) in [5.41, 5.74) is 0.975. The molecule has 10 nitrogen and oxygen atoms in total. The van der Waals surface area contributed by atoms with Gasteiger partial charge in [-0.3, -0.25) is 14.5 Å². The first kappa shape index (κ1) is 22.3. The van der Waals surface area contributed by atoms with Crippen LogP contribution in [0.5, 0.6) is 0 Å². The van der Waals surface area contributed by atoms with Crippen LogP contribution in [0, 0.1) is 0 Å². The highest BCUT2D eigenvalue weighted by molar-refractivity contribution is 6.34. The first-order valence-corrected chi connectivity index (χ1v) is 11.4. The Kier molecular flexibility index (Phi) is 7.78. The Hall–Kier alpha value is -2.85. The van der Waals surface area contributed by atoms with Gasteiger partial charge in [-0.05, 0) is 24.6 Å². The average Bonchev–Trinajstić information content (AvgIpc) is 3.33. The largest absolute Gasteiger partial charge is 0.378 e. The topological polar surface area (TPSA) is 96.7 Å². The molecule has 1 aromatic carbocycles. The molecule has 32 heavy (non-hydrogen) atoms. The van der Waals surface area contributed by atoms with Crippen molar-refractivity contribution in [2.24, 2.45) is 0 Å². The fourth-order valence-electron chi connectivity index (χ4n) is 4.02. The highest BCUT2D eigenvalue weighted by Crippen LogP contribution is 2.12. The second-order valence-corrected chi connectivity index (χ2v) is 8.17. The molecule has 0 aliphatic carbocycles. The first-order valence-electron chi connectivity index (χ1n) is 11.4. The summed E-state index contributed by atoms with van der Waals surface area (Å²) in [6, 6.07) is 9.86. The van der Waals surface area contributed by atoms with Gasteiger partial charge in [0.2, 0.25) is 5.82 Å². The van der Waals surface area contributed by atoms with E-state index in [0.29, 0.717) is 45.2 Å². The quantitative estimate of drug-likeness (QED) is 0.456. The van der Waals surface area contributed by atoms with Gasteiger partial charge in [0.25, 0.3) is 0 Å². The van der Waals surface area contributed by atoms with Crippen molar-refractivity contribution < 1.29 is 14.3 Å². The van der Waals surface area contributed by atoms with Gasteiger partial charge in [-0.1, -0.05) is 36.8 Å². The molecular weight excluding hydrogens is 410 g/mol. The number of rotatable bonds is 7. The van der Waals surface area contributed by atoms with Crippen LogP contribution in [-0.2, 0) is 20.9 Å². The van der Waals surface area contributed by atoms with Gasteiger partial charge in [-0.2, -0.15) is 4.80 Å². The van der Waals surface area contributed by atoms with Crippen LogP contribution >= 0.6 is 0 Å². The second-order valence-electron chi connectivity index (χ2n) is 8.17. The molecule has 2 aliphatic rings. The molecule has 0 spiro atoms. The summed E-state index contributed by atoms with van der Waals surface area (Å²) in [7, 11) is 0. The third kappa shape index (κ3) is 5.89. The minimum absolute atomic E-state index is 0.373. The summed E-state index contributed by atoms with van der Waals surface area (Å²) in [4.78, 5) is 32.2. The molecule has 2 aliphatic heterocycles. The molecular formula is C22H31N7O3. The van der Waals surface area contributed by atoms with Crippen LogP contribution in [0.1, 0.15) is 19.3 Å². The van der Waals surface area contributed by atoms with E-state index in [2.05, 4.69) is 20.3 Å². The highest BCUT2D eigenvalue weighted by Gasteiger charge is 2.30. The number of aryl methyl sites for hydroxylation is 1. The summed E-state index contributed by atoms with van der Waals surface area (Å²) in [6.45, 7) is 6.62. The van der Waals surface area contributed by atoms with Crippen LogP contribution < -0.4 is 0 Å². The van der Waals surface area contributed by atoms with Crippen LogP contribution in [-0.4, -0.2) is 106 Å². The number of aromatic nitrogens is 4. The molecule has 10 heteroatoms.